The number of carbonyl (C=O) groups is 1. The molecule has 3 aromatic heterocycles. The molecule has 0 saturated carbocycles. The van der Waals surface area contributed by atoms with Crippen LogP contribution in [-0.2, 0) is 0 Å². The third-order valence-electron chi connectivity index (χ3n) is 5.39. The zero-order valence-electron chi connectivity index (χ0n) is 17.8. The lowest BCUT2D eigenvalue weighted by atomic mass is 10.1. The number of nitrogens with one attached hydrogen (secondary N) is 1. The van der Waals surface area contributed by atoms with Crippen molar-refractivity contribution in [3.05, 3.63) is 59.5 Å². The summed E-state index contributed by atoms with van der Waals surface area (Å²) in [5.74, 6) is 2.99. The van der Waals surface area contributed by atoms with Crippen LogP contribution in [0.15, 0.2) is 42.6 Å². The molecule has 162 valence electrons. The van der Waals surface area contributed by atoms with E-state index in [2.05, 4.69) is 33.9 Å². The van der Waals surface area contributed by atoms with Crippen LogP contribution in [-0.4, -0.2) is 60.7 Å². The Bertz CT molecular complexity index is 1280. The minimum Gasteiger partial charge on any atom is -0.353 e. The highest BCUT2D eigenvalue weighted by Crippen LogP contribution is 2.22. The van der Waals surface area contributed by atoms with Gasteiger partial charge in [0.1, 0.15) is 34.3 Å². The Morgan fingerprint density at radius 3 is 2.56 bits per heavy atom. The lowest BCUT2D eigenvalue weighted by molar-refractivity contribution is 0.0746. The van der Waals surface area contributed by atoms with Gasteiger partial charge in [-0.05, 0) is 49.7 Å². The maximum Gasteiger partial charge on any atom is 0.254 e. The summed E-state index contributed by atoms with van der Waals surface area (Å²) in [6.45, 7) is 6.54. The SMILES string of the molecule is Cc1ccnc(Nc2cc(N3CCN(C(=O)c4ccc5nsnc5c4)CC3)nc(C)n2)c1. The second-order valence-corrected chi connectivity index (χ2v) is 8.28. The molecule has 0 radical (unpaired) electrons. The van der Waals surface area contributed by atoms with Gasteiger partial charge in [-0.15, -0.1) is 0 Å². The number of rotatable bonds is 4. The number of piperazine rings is 1. The summed E-state index contributed by atoms with van der Waals surface area (Å²) in [5.41, 5.74) is 3.35. The van der Waals surface area contributed by atoms with Gasteiger partial charge in [0.15, 0.2) is 0 Å². The molecule has 1 saturated heterocycles. The van der Waals surface area contributed by atoms with Crippen molar-refractivity contribution >= 4 is 46.1 Å². The van der Waals surface area contributed by atoms with Crippen LogP contribution in [0.25, 0.3) is 11.0 Å². The van der Waals surface area contributed by atoms with Gasteiger partial charge < -0.3 is 15.1 Å². The van der Waals surface area contributed by atoms with E-state index in [4.69, 9.17) is 0 Å². The minimum atomic E-state index is 0.0197. The Morgan fingerprint density at radius 1 is 0.938 bits per heavy atom. The lowest BCUT2D eigenvalue weighted by Gasteiger charge is -2.35. The van der Waals surface area contributed by atoms with Crippen molar-refractivity contribution in [3.8, 4) is 0 Å². The number of aromatic nitrogens is 5. The molecule has 9 nitrogen and oxygen atoms in total. The Hall–Kier alpha value is -3.66. The molecule has 0 unspecified atom stereocenters. The van der Waals surface area contributed by atoms with Crippen LogP contribution in [0.2, 0.25) is 0 Å². The van der Waals surface area contributed by atoms with Crippen LogP contribution in [0.1, 0.15) is 21.7 Å². The number of aryl methyl sites for hydroxylation is 2. The van der Waals surface area contributed by atoms with Gasteiger partial charge in [-0.2, -0.15) is 8.75 Å². The average Bonchev–Trinajstić information content (AvgIpc) is 3.26. The van der Waals surface area contributed by atoms with E-state index in [0.717, 1.165) is 40.0 Å². The molecule has 4 aromatic rings. The third kappa shape index (κ3) is 4.22. The zero-order valence-corrected chi connectivity index (χ0v) is 18.6. The molecule has 1 aliphatic rings. The molecule has 0 aliphatic carbocycles. The highest BCUT2D eigenvalue weighted by atomic mass is 32.1. The predicted octanol–water partition coefficient (Wildman–Crippen LogP) is 3.20. The minimum absolute atomic E-state index is 0.0197. The van der Waals surface area contributed by atoms with E-state index >= 15 is 0 Å². The largest absolute Gasteiger partial charge is 0.353 e. The molecular weight excluding hydrogens is 424 g/mol. The van der Waals surface area contributed by atoms with Gasteiger partial charge in [0.05, 0.1) is 11.7 Å². The Kier molecular flexibility index (Phi) is 5.36. The van der Waals surface area contributed by atoms with Crippen molar-refractivity contribution in [2.45, 2.75) is 13.8 Å². The molecule has 0 atom stereocenters. The first-order valence-electron chi connectivity index (χ1n) is 10.4. The van der Waals surface area contributed by atoms with Crippen molar-refractivity contribution in [2.75, 3.05) is 36.4 Å². The Labute approximate surface area is 189 Å². The summed E-state index contributed by atoms with van der Waals surface area (Å²) in [5, 5.41) is 3.26. The third-order valence-corrected chi connectivity index (χ3v) is 5.94. The molecule has 0 spiro atoms. The van der Waals surface area contributed by atoms with E-state index in [0.29, 0.717) is 43.4 Å². The van der Waals surface area contributed by atoms with E-state index in [1.807, 2.05) is 55.1 Å². The van der Waals surface area contributed by atoms with Crippen LogP contribution in [0, 0.1) is 13.8 Å². The fraction of sp³-hybridized carbons (Fsp3) is 0.273. The highest BCUT2D eigenvalue weighted by Gasteiger charge is 2.24. The monoisotopic (exact) mass is 446 g/mol. The van der Waals surface area contributed by atoms with Crippen molar-refractivity contribution in [1.82, 2.24) is 28.6 Å². The molecule has 10 heteroatoms. The van der Waals surface area contributed by atoms with E-state index in [-0.39, 0.29) is 5.91 Å². The van der Waals surface area contributed by atoms with Crippen molar-refractivity contribution in [2.24, 2.45) is 0 Å². The van der Waals surface area contributed by atoms with E-state index in [1.54, 1.807) is 6.20 Å². The maximum absolute atomic E-state index is 13.0. The molecule has 1 aliphatic heterocycles. The van der Waals surface area contributed by atoms with Gasteiger partial charge in [-0.3, -0.25) is 4.79 Å². The van der Waals surface area contributed by atoms with Crippen molar-refractivity contribution < 1.29 is 4.79 Å². The van der Waals surface area contributed by atoms with Crippen LogP contribution >= 0.6 is 11.7 Å². The number of amides is 1. The average molecular weight is 447 g/mol. The van der Waals surface area contributed by atoms with Gasteiger partial charge >= 0.3 is 0 Å². The van der Waals surface area contributed by atoms with E-state index < -0.39 is 0 Å². The number of pyridine rings is 1. The number of anilines is 3. The first-order chi connectivity index (χ1) is 15.5. The summed E-state index contributed by atoms with van der Waals surface area (Å²) in [7, 11) is 0. The topological polar surface area (TPSA) is 100 Å². The van der Waals surface area contributed by atoms with Gasteiger partial charge in [0, 0.05) is 44.0 Å². The second kappa shape index (κ2) is 8.46. The van der Waals surface area contributed by atoms with Gasteiger partial charge in [0.2, 0.25) is 0 Å². The standard InChI is InChI=1S/C22H22N8OS/c1-14-5-6-23-19(11-14)26-20-13-21(25-15(2)24-20)29-7-9-30(10-8-29)22(31)16-3-4-17-18(12-16)28-32-27-17/h3-6,11-13H,7-10H2,1-2H3,(H,23,24,25,26). The molecular formula is C22H22N8OS. The number of hydrogen-bond acceptors (Lipinski definition) is 9. The van der Waals surface area contributed by atoms with Crippen molar-refractivity contribution in [3.63, 3.8) is 0 Å². The summed E-state index contributed by atoms with van der Waals surface area (Å²) in [6, 6.07) is 11.3. The van der Waals surface area contributed by atoms with Crippen LogP contribution in [0.4, 0.5) is 17.5 Å². The number of carbonyl (C=O) groups excluding carboxylic acids is 1. The fourth-order valence-corrected chi connectivity index (χ4v) is 4.27. The molecule has 4 heterocycles. The summed E-state index contributed by atoms with van der Waals surface area (Å²) < 4.78 is 8.43. The molecule has 32 heavy (non-hydrogen) atoms. The van der Waals surface area contributed by atoms with Crippen LogP contribution in [0.5, 0.6) is 0 Å². The van der Waals surface area contributed by atoms with Gasteiger partial charge in [-0.1, -0.05) is 0 Å². The quantitative estimate of drug-likeness (QED) is 0.510. The lowest BCUT2D eigenvalue weighted by Crippen LogP contribution is -2.49. The van der Waals surface area contributed by atoms with Gasteiger partial charge in [-0.25, -0.2) is 15.0 Å². The maximum atomic E-state index is 13.0. The number of hydrogen-bond donors (Lipinski definition) is 1. The van der Waals surface area contributed by atoms with Crippen LogP contribution in [0.3, 0.4) is 0 Å². The number of nitrogens with zero attached hydrogens (tertiary/aromatic N) is 7. The summed E-state index contributed by atoms with van der Waals surface area (Å²) in [6.07, 6.45) is 1.77. The normalized spacial score (nSPS) is 14.1. The molecule has 1 aromatic carbocycles. The predicted molar refractivity (Wildman–Crippen MR) is 125 cm³/mol. The summed E-state index contributed by atoms with van der Waals surface area (Å²) in [4.78, 5) is 30.5. The highest BCUT2D eigenvalue weighted by molar-refractivity contribution is 7.00. The molecule has 1 fully saturated rings. The Balaban J connectivity index is 1.27. The second-order valence-electron chi connectivity index (χ2n) is 7.75. The summed E-state index contributed by atoms with van der Waals surface area (Å²) >= 11 is 1.16. The first-order valence-corrected chi connectivity index (χ1v) is 11.1. The molecule has 5 rings (SSSR count). The first kappa shape index (κ1) is 20.3. The molecule has 0 bridgehead atoms. The van der Waals surface area contributed by atoms with Crippen LogP contribution < -0.4 is 10.2 Å². The zero-order chi connectivity index (χ0) is 22.1. The smallest absolute Gasteiger partial charge is 0.254 e. The molecule has 1 amide bonds. The molecule has 1 N–H and O–H groups in total. The van der Waals surface area contributed by atoms with Gasteiger partial charge in [0.25, 0.3) is 5.91 Å². The van der Waals surface area contributed by atoms with Crippen molar-refractivity contribution in [1.29, 1.82) is 0 Å². The Morgan fingerprint density at radius 2 is 1.75 bits per heavy atom. The fourth-order valence-electron chi connectivity index (χ4n) is 3.75. The number of fused-ring (bicyclic) bond motifs is 1. The number of benzene rings is 1. The van der Waals surface area contributed by atoms with E-state index in [9.17, 15) is 4.79 Å². The van der Waals surface area contributed by atoms with E-state index in [1.165, 1.54) is 0 Å².